The first-order valence-electron chi connectivity index (χ1n) is 9.55. The van der Waals surface area contributed by atoms with E-state index < -0.39 is 10.0 Å². The summed E-state index contributed by atoms with van der Waals surface area (Å²) in [7, 11) is -3.67. The molecule has 1 fully saturated rings. The SMILES string of the molecule is CC(C)NS(=O)(=O)c1ccc(Cl)c(C(=O)NCCCN2CCCCC2C)c1. The Morgan fingerprint density at radius 1 is 1.33 bits per heavy atom. The van der Waals surface area contributed by atoms with Crippen LogP contribution in [0.25, 0.3) is 0 Å². The van der Waals surface area contributed by atoms with E-state index in [1.807, 2.05) is 0 Å². The summed E-state index contributed by atoms with van der Waals surface area (Å²) in [5, 5.41) is 3.09. The van der Waals surface area contributed by atoms with E-state index in [4.69, 9.17) is 11.6 Å². The number of nitrogens with zero attached hydrogens (tertiary/aromatic N) is 1. The highest BCUT2D eigenvalue weighted by molar-refractivity contribution is 7.89. The lowest BCUT2D eigenvalue weighted by molar-refractivity contribution is 0.0949. The molecule has 1 saturated heterocycles. The monoisotopic (exact) mass is 415 g/mol. The summed E-state index contributed by atoms with van der Waals surface area (Å²) in [4.78, 5) is 14.9. The summed E-state index contributed by atoms with van der Waals surface area (Å²) in [6.45, 7) is 8.31. The number of benzene rings is 1. The second-order valence-electron chi connectivity index (χ2n) is 7.41. The highest BCUT2D eigenvalue weighted by Crippen LogP contribution is 2.21. The Balaban J connectivity index is 1.94. The van der Waals surface area contributed by atoms with E-state index in [2.05, 4.69) is 21.9 Å². The Labute approximate surface area is 167 Å². The van der Waals surface area contributed by atoms with Crippen LogP contribution in [0.2, 0.25) is 5.02 Å². The van der Waals surface area contributed by atoms with E-state index >= 15 is 0 Å². The van der Waals surface area contributed by atoms with E-state index in [0.29, 0.717) is 12.6 Å². The smallest absolute Gasteiger partial charge is 0.252 e. The van der Waals surface area contributed by atoms with Crippen molar-refractivity contribution < 1.29 is 13.2 Å². The topological polar surface area (TPSA) is 78.5 Å². The van der Waals surface area contributed by atoms with Crippen molar-refractivity contribution in [2.75, 3.05) is 19.6 Å². The molecule has 0 radical (unpaired) electrons. The minimum absolute atomic E-state index is 0.0351. The molecule has 27 heavy (non-hydrogen) atoms. The van der Waals surface area contributed by atoms with E-state index in [0.717, 1.165) is 19.5 Å². The third-order valence-corrected chi connectivity index (χ3v) is 6.72. The van der Waals surface area contributed by atoms with Crippen LogP contribution < -0.4 is 10.0 Å². The third-order valence-electron chi connectivity index (χ3n) is 4.73. The Morgan fingerprint density at radius 3 is 2.74 bits per heavy atom. The lowest BCUT2D eigenvalue weighted by Crippen LogP contribution is -2.39. The third kappa shape index (κ3) is 6.45. The van der Waals surface area contributed by atoms with Gasteiger partial charge < -0.3 is 10.2 Å². The van der Waals surface area contributed by atoms with Gasteiger partial charge >= 0.3 is 0 Å². The molecule has 1 aliphatic heterocycles. The molecule has 1 unspecified atom stereocenters. The number of sulfonamides is 1. The van der Waals surface area contributed by atoms with Crippen LogP contribution in [-0.2, 0) is 10.0 Å². The van der Waals surface area contributed by atoms with Crippen molar-refractivity contribution in [2.45, 2.75) is 63.4 Å². The lowest BCUT2D eigenvalue weighted by Gasteiger charge is -2.33. The second kappa shape index (κ2) is 9.87. The van der Waals surface area contributed by atoms with Gasteiger partial charge in [0.15, 0.2) is 0 Å². The van der Waals surface area contributed by atoms with Crippen molar-refractivity contribution in [3.63, 3.8) is 0 Å². The van der Waals surface area contributed by atoms with Crippen LogP contribution in [0.1, 0.15) is 56.8 Å². The van der Waals surface area contributed by atoms with Gasteiger partial charge in [0.05, 0.1) is 15.5 Å². The summed E-state index contributed by atoms with van der Waals surface area (Å²) in [5.74, 6) is -0.353. The van der Waals surface area contributed by atoms with Gasteiger partial charge in [0, 0.05) is 25.2 Å². The Bertz CT molecular complexity index is 753. The molecule has 0 aliphatic carbocycles. The van der Waals surface area contributed by atoms with Crippen LogP contribution in [0.4, 0.5) is 0 Å². The van der Waals surface area contributed by atoms with Crippen molar-refractivity contribution in [1.82, 2.24) is 14.9 Å². The zero-order valence-electron chi connectivity index (χ0n) is 16.3. The van der Waals surface area contributed by atoms with Gasteiger partial charge in [0.2, 0.25) is 10.0 Å². The number of hydrogen-bond donors (Lipinski definition) is 2. The number of hydrogen-bond acceptors (Lipinski definition) is 4. The molecule has 6 nitrogen and oxygen atoms in total. The Kier molecular flexibility index (Phi) is 8.09. The predicted octanol–water partition coefficient (Wildman–Crippen LogP) is 3.02. The predicted molar refractivity (Wildman–Crippen MR) is 109 cm³/mol. The highest BCUT2D eigenvalue weighted by Gasteiger charge is 2.20. The Hall–Kier alpha value is -1.15. The van der Waals surface area contributed by atoms with E-state index in [1.54, 1.807) is 13.8 Å². The minimum atomic E-state index is -3.67. The van der Waals surface area contributed by atoms with Gasteiger partial charge in [0.1, 0.15) is 0 Å². The maximum Gasteiger partial charge on any atom is 0.252 e. The van der Waals surface area contributed by atoms with E-state index in [1.165, 1.54) is 37.5 Å². The zero-order valence-corrected chi connectivity index (χ0v) is 17.9. The lowest BCUT2D eigenvalue weighted by atomic mass is 10.0. The van der Waals surface area contributed by atoms with Crippen LogP contribution >= 0.6 is 11.6 Å². The molecule has 8 heteroatoms. The second-order valence-corrected chi connectivity index (χ2v) is 9.53. The number of piperidine rings is 1. The summed E-state index contributed by atoms with van der Waals surface area (Å²) in [6, 6.07) is 4.54. The molecule has 0 saturated carbocycles. The average Bonchev–Trinajstić information content (AvgIpc) is 2.59. The Morgan fingerprint density at radius 2 is 2.07 bits per heavy atom. The standard InChI is InChI=1S/C19H30ClN3O3S/c1-14(2)22-27(25,26)16-8-9-18(20)17(13-16)19(24)21-10-6-12-23-11-5-4-7-15(23)3/h8-9,13-15,22H,4-7,10-12H2,1-3H3,(H,21,24). The molecular weight excluding hydrogens is 386 g/mol. The van der Waals surface area contributed by atoms with Crippen LogP contribution in [-0.4, -0.2) is 50.9 Å². The number of halogens is 1. The molecule has 1 heterocycles. The van der Waals surface area contributed by atoms with Crippen LogP contribution in [0, 0.1) is 0 Å². The number of carbonyl (C=O) groups excluding carboxylic acids is 1. The molecular formula is C19H30ClN3O3S. The minimum Gasteiger partial charge on any atom is -0.352 e. The summed E-state index contributed by atoms with van der Waals surface area (Å²) >= 11 is 6.12. The number of carbonyl (C=O) groups is 1. The van der Waals surface area contributed by atoms with Gasteiger partial charge in [-0.25, -0.2) is 13.1 Å². The van der Waals surface area contributed by atoms with Crippen LogP contribution in [0.5, 0.6) is 0 Å². The van der Waals surface area contributed by atoms with Gasteiger partial charge in [-0.1, -0.05) is 18.0 Å². The molecule has 2 rings (SSSR count). The molecule has 1 aliphatic rings. The normalized spacial score (nSPS) is 18.6. The summed E-state index contributed by atoms with van der Waals surface area (Å²) in [5.41, 5.74) is 0.176. The number of amides is 1. The number of nitrogens with one attached hydrogen (secondary N) is 2. The molecule has 1 atom stereocenters. The van der Waals surface area contributed by atoms with Gasteiger partial charge in [0.25, 0.3) is 5.91 Å². The van der Waals surface area contributed by atoms with Gasteiger partial charge in [-0.2, -0.15) is 0 Å². The first-order valence-corrected chi connectivity index (χ1v) is 11.4. The maximum atomic E-state index is 12.5. The van der Waals surface area contributed by atoms with Crippen molar-refractivity contribution >= 4 is 27.5 Å². The zero-order chi connectivity index (χ0) is 20.0. The van der Waals surface area contributed by atoms with Crippen molar-refractivity contribution in [1.29, 1.82) is 0 Å². The first-order chi connectivity index (χ1) is 12.7. The number of rotatable bonds is 8. The molecule has 1 aromatic carbocycles. The first kappa shape index (κ1) is 22.1. The molecule has 0 aromatic heterocycles. The molecule has 0 spiro atoms. The largest absolute Gasteiger partial charge is 0.352 e. The highest BCUT2D eigenvalue weighted by atomic mass is 35.5. The maximum absolute atomic E-state index is 12.5. The van der Waals surface area contributed by atoms with Crippen molar-refractivity contribution in [3.05, 3.63) is 28.8 Å². The molecule has 2 N–H and O–H groups in total. The molecule has 152 valence electrons. The van der Waals surface area contributed by atoms with Crippen LogP contribution in [0.15, 0.2) is 23.1 Å². The molecule has 1 aromatic rings. The quantitative estimate of drug-likeness (QED) is 0.639. The van der Waals surface area contributed by atoms with E-state index in [-0.39, 0.29) is 27.4 Å². The van der Waals surface area contributed by atoms with Gasteiger partial charge in [-0.3, -0.25) is 4.79 Å². The van der Waals surface area contributed by atoms with Crippen molar-refractivity contribution in [2.24, 2.45) is 0 Å². The van der Waals surface area contributed by atoms with Gasteiger partial charge in [-0.15, -0.1) is 0 Å². The fraction of sp³-hybridized carbons (Fsp3) is 0.632. The summed E-state index contributed by atoms with van der Waals surface area (Å²) < 4.78 is 27.1. The fourth-order valence-electron chi connectivity index (χ4n) is 3.29. The van der Waals surface area contributed by atoms with Crippen molar-refractivity contribution in [3.8, 4) is 0 Å². The molecule has 0 bridgehead atoms. The van der Waals surface area contributed by atoms with Crippen LogP contribution in [0.3, 0.4) is 0 Å². The summed E-state index contributed by atoms with van der Waals surface area (Å²) in [6.07, 6.45) is 4.60. The van der Waals surface area contributed by atoms with Gasteiger partial charge in [-0.05, 0) is 64.8 Å². The number of likely N-dealkylation sites (tertiary alicyclic amines) is 1. The van der Waals surface area contributed by atoms with E-state index in [9.17, 15) is 13.2 Å². The molecule has 1 amide bonds. The fourth-order valence-corrected chi connectivity index (χ4v) is 4.77. The average molecular weight is 416 g/mol.